The highest BCUT2D eigenvalue weighted by Gasteiger charge is 2.45. The lowest BCUT2D eigenvalue weighted by Gasteiger charge is -2.17. The van der Waals surface area contributed by atoms with Gasteiger partial charge in [-0.2, -0.15) is 4.31 Å². The van der Waals surface area contributed by atoms with E-state index in [4.69, 9.17) is 39.8 Å². The first kappa shape index (κ1) is 31.4. The molecule has 19 nitrogen and oxygen atoms in total. The van der Waals surface area contributed by atoms with Crippen molar-refractivity contribution in [1.29, 1.82) is 0 Å². The Morgan fingerprint density at radius 1 is 1.14 bits per heavy atom. The molecule has 202 valence electrons. The fraction of sp³-hybridized carbons (Fsp3) is 0.643. The van der Waals surface area contributed by atoms with Crippen LogP contribution in [0.4, 0.5) is 0 Å². The average molecular weight is 554 g/mol. The van der Waals surface area contributed by atoms with E-state index in [1.807, 2.05) is 4.98 Å². The van der Waals surface area contributed by atoms with Crippen molar-refractivity contribution in [2.75, 3.05) is 13.2 Å². The number of phosphoric ester groups is 1. The summed E-state index contributed by atoms with van der Waals surface area (Å²) >= 11 is 0. The van der Waals surface area contributed by atoms with Crippen molar-refractivity contribution in [3.8, 4) is 0 Å². The standard InChI is InChI=1S/C9H14N2O12P2.C5H10O5/c12-5-1-2-11(9(15)10-5)8-7(14)6(13)4(22-8)3-21-25(19,20)23-24(16,17)18;6-1-3(8)5(10)4(9)2-7/h1-2,4,6-8,13-14H,3H2,(H,19,20)(H,10,12,15)(H2,16,17,18);1,3-5,7-10H,2H2. The summed E-state index contributed by atoms with van der Waals surface area (Å²) < 4.78 is 35.6. The van der Waals surface area contributed by atoms with Crippen molar-refractivity contribution in [1.82, 2.24) is 9.55 Å². The molecule has 1 fully saturated rings. The number of phosphoric acid groups is 2. The van der Waals surface area contributed by atoms with Crippen LogP contribution in [0.3, 0.4) is 0 Å². The molecule has 35 heavy (non-hydrogen) atoms. The Morgan fingerprint density at radius 2 is 1.74 bits per heavy atom. The Balaban J connectivity index is 0.000000518. The average Bonchev–Trinajstić information content (AvgIpc) is 3.03. The molecule has 0 aromatic carbocycles. The molecule has 0 bridgehead atoms. The van der Waals surface area contributed by atoms with Gasteiger partial charge in [0, 0.05) is 12.3 Å². The minimum Gasteiger partial charge on any atom is -0.394 e. The predicted molar refractivity (Wildman–Crippen MR) is 107 cm³/mol. The number of hydrogen-bond acceptors (Lipinski definition) is 14. The lowest BCUT2D eigenvalue weighted by Crippen LogP contribution is -2.40. The number of rotatable bonds is 10. The van der Waals surface area contributed by atoms with Gasteiger partial charge in [-0.15, -0.1) is 0 Å². The summed E-state index contributed by atoms with van der Waals surface area (Å²) in [5.41, 5.74) is -1.65. The number of nitrogens with one attached hydrogen (secondary N) is 1. The topological polar surface area (TPSA) is 316 Å². The van der Waals surface area contributed by atoms with Gasteiger partial charge in [0.2, 0.25) is 0 Å². The zero-order valence-electron chi connectivity index (χ0n) is 17.3. The maximum absolute atomic E-state index is 11.7. The van der Waals surface area contributed by atoms with Crippen molar-refractivity contribution in [3.63, 3.8) is 0 Å². The van der Waals surface area contributed by atoms with Crippen LogP contribution in [0, 0.1) is 0 Å². The lowest BCUT2D eigenvalue weighted by molar-refractivity contribution is -0.127. The number of hydrogen-bond donors (Lipinski definition) is 10. The van der Waals surface area contributed by atoms with E-state index in [1.54, 1.807) is 0 Å². The van der Waals surface area contributed by atoms with Crippen LogP contribution in [-0.4, -0.2) is 111 Å². The van der Waals surface area contributed by atoms with Crippen molar-refractivity contribution in [2.45, 2.75) is 42.9 Å². The maximum atomic E-state index is 11.7. The van der Waals surface area contributed by atoms with Gasteiger partial charge < -0.3 is 54.9 Å². The summed E-state index contributed by atoms with van der Waals surface area (Å²) in [6.45, 7) is -1.59. The van der Waals surface area contributed by atoms with Crippen molar-refractivity contribution in [2.24, 2.45) is 0 Å². The SMILES string of the molecule is O=CC(O)C(O)C(O)CO.O=c1ccn(C2OC(COP(=O)(O)OP(=O)(O)O)C(O)C2O)c(=O)[nH]1. The number of aromatic amines is 1. The minimum atomic E-state index is -5.32. The Hall–Kier alpha value is -1.67. The molecule has 0 aliphatic carbocycles. The van der Waals surface area contributed by atoms with Crippen LogP contribution in [0.2, 0.25) is 0 Å². The summed E-state index contributed by atoms with van der Waals surface area (Å²) in [6, 6.07) is 0.962. The molecule has 8 unspecified atom stereocenters. The molecule has 2 heterocycles. The maximum Gasteiger partial charge on any atom is 0.481 e. The fourth-order valence-corrected chi connectivity index (χ4v) is 4.07. The van der Waals surface area contributed by atoms with Gasteiger partial charge in [0.25, 0.3) is 5.56 Å². The van der Waals surface area contributed by atoms with Crippen LogP contribution in [0.25, 0.3) is 0 Å². The first-order valence-corrected chi connectivity index (χ1v) is 12.2. The van der Waals surface area contributed by atoms with Gasteiger partial charge in [-0.3, -0.25) is 18.9 Å². The van der Waals surface area contributed by atoms with Gasteiger partial charge in [0.1, 0.15) is 36.6 Å². The second-order valence-corrected chi connectivity index (χ2v) is 9.60. The second-order valence-electron chi connectivity index (χ2n) is 6.77. The monoisotopic (exact) mass is 554 g/mol. The van der Waals surface area contributed by atoms with E-state index in [2.05, 4.69) is 8.83 Å². The summed E-state index contributed by atoms with van der Waals surface area (Å²) in [6.07, 6.45) is -9.88. The Bertz CT molecular complexity index is 1040. The molecule has 1 saturated heterocycles. The molecule has 1 aliphatic rings. The van der Waals surface area contributed by atoms with Gasteiger partial charge in [0.15, 0.2) is 12.5 Å². The van der Waals surface area contributed by atoms with Crippen LogP contribution in [0.15, 0.2) is 21.9 Å². The third-order valence-electron chi connectivity index (χ3n) is 4.14. The first-order chi connectivity index (χ1) is 16.0. The molecular weight excluding hydrogens is 530 g/mol. The van der Waals surface area contributed by atoms with E-state index >= 15 is 0 Å². The Kier molecular flexibility index (Phi) is 11.7. The van der Waals surface area contributed by atoms with E-state index in [-0.39, 0.29) is 6.29 Å². The van der Waals surface area contributed by atoms with Gasteiger partial charge in [0.05, 0.1) is 13.2 Å². The summed E-state index contributed by atoms with van der Waals surface area (Å²) in [7, 11) is -10.5. The number of nitrogens with zero attached hydrogens (tertiary/aromatic N) is 1. The van der Waals surface area contributed by atoms with Crippen LogP contribution < -0.4 is 11.2 Å². The van der Waals surface area contributed by atoms with Crippen LogP contribution >= 0.6 is 15.6 Å². The molecule has 10 N–H and O–H groups in total. The molecule has 8 atom stereocenters. The number of aromatic nitrogens is 2. The zero-order chi connectivity index (χ0) is 27.1. The smallest absolute Gasteiger partial charge is 0.394 e. The van der Waals surface area contributed by atoms with E-state index in [1.165, 1.54) is 0 Å². The second kappa shape index (κ2) is 13.0. The Labute approximate surface area is 194 Å². The largest absolute Gasteiger partial charge is 0.481 e. The molecule has 2 rings (SSSR count). The Morgan fingerprint density at radius 3 is 2.23 bits per heavy atom. The van der Waals surface area contributed by atoms with E-state index < -0.39 is 83.0 Å². The molecule has 1 aliphatic heterocycles. The predicted octanol–water partition coefficient (Wildman–Crippen LogP) is -5.36. The molecule has 1 aromatic heterocycles. The third-order valence-corrected chi connectivity index (χ3v) is 6.30. The fourth-order valence-electron chi connectivity index (χ4n) is 2.47. The van der Waals surface area contributed by atoms with Crippen LogP contribution in [-0.2, 0) is 27.5 Å². The number of aliphatic hydroxyl groups excluding tert-OH is 6. The lowest BCUT2D eigenvalue weighted by atomic mass is 10.1. The molecule has 21 heteroatoms. The summed E-state index contributed by atoms with van der Waals surface area (Å²) in [5, 5.41) is 53.8. The number of carbonyl (C=O) groups excluding carboxylic acids is 1. The van der Waals surface area contributed by atoms with Crippen LogP contribution in [0.5, 0.6) is 0 Å². The minimum absolute atomic E-state index is 0.0869. The summed E-state index contributed by atoms with van der Waals surface area (Å²) in [5.74, 6) is 0. The van der Waals surface area contributed by atoms with E-state index in [0.29, 0.717) is 0 Å². The van der Waals surface area contributed by atoms with Gasteiger partial charge in [-0.1, -0.05) is 0 Å². The molecule has 0 radical (unpaired) electrons. The normalized spacial score (nSPS) is 26.7. The van der Waals surface area contributed by atoms with Crippen molar-refractivity contribution < 1.29 is 72.8 Å². The van der Waals surface area contributed by atoms with Crippen molar-refractivity contribution in [3.05, 3.63) is 33.1 Å². The van der Waals surface area contributed by atoms with Crippen molar-refractivity contribution >= 4 is 21.9 Å². The highest BCUT2D eigenvalue weighted by molar-refractivity contribution is 7.60. The van der Waals surface area contributed by atoms with Crippen LogP contribution in [0.1, 0.15) is 6.23 Å². The number of carbonyl (C=O) groups is 1. The van der Waals surface area contributed by atoms with Gasteiger partial charge in [-0.25, -0.2) is 13.9 Å². The van der Waals surface area contributed by atoms with Gasteiger partial charge in [-0.05, 0) is 0 Å². The molecular formula is C14H24N2O17P2. The highest BCUT2D eigenvalue weighted by atomic mass is 31.3. The van der Waals surface area contributed by atoms with E-state index in [0.717, 1.165) is 16.8 Å². The number of aliphatic hydroxyl groups is 6. The number of ether oxygens (including phenoxy) is 1. The summed E-state index contributed by atoms with van der Waals surface area (Å²) in [4.78, 5) is 60.4. The molecule has 0 amide bonds. The van der Waals surface area contributed by atoms with Gasteiger partial charge >= 0.3 is 21.3 Å². The molecule has 0 spiro atoms. The zero-order valence-corrected chi connectivity index (χ0v) is 19.1. The molecule has 1 aromatic rings. The molecule has 0 saturated carbocycles. The van der Waals surface area contributed by atoms with E-state index in [9.17, 15) is 33.7 Å². The third kappa shape index (κ3) is 9.71. The number of H-pyrrole nitrogens is 1. The number of aldehydes is 1. The first-order valence-electron chi connectivity index (χ1n) is 9.20. The highest BCUT2D eigenvalue weighted by Crippen LogP contribution is 2.57. The quantitative estimate of drug-likeness (QED) is 0.0953.